The Bertz CT molecular complexity index is 1230. The van der Waals surface area contributed by atoms with E-state index in [1.54, 1.807) is 12.1 Å². The number of thioether (sulfide) groups is 1. The van der Waals surface area contributed by atoms with Crippen molar-refractivity contribution in [3.8, 4) is 11.4 Å². The molecule has 3 heterocycles. The van der Waals surface area contributed by atoms with Crippen LogP contribution in [0.1, 0.15) is 28.7 Å². The first-order valence-corrected chi connectivity index (χ1v) is 10.5. The molecule has 0 amide bonds. The van der Waals surface area contributed by atoms with E-state index in [-0.39, 0.29) is 16.8 Å². The zero-order valence-corrected chi connectivity index (χ0v) is 17.9. The number of ketones is 1. The lowest BCUT2D eigenvalue weighted by Crippen LogP contribution is -2.15. The maximum Gasteiger partial charge on any atom is 0.387 e. The number of halogens is 2. The number of pyridine rings is 1. The molecule has 0 fully saturated rings. The molecule has 4 aromatic rings. The Hall–Kier alpha value is -3.20. The fourth-order valence-corrected chi connectivity index (χ4v) is 4.42. The number of hydrogen-bond acceptors (Lipinski definition) is 5. The van der Waals surface area contributed by atoms with Crippen LogP contribution in [-0.4, -0.2) is 36.8 Å². The molecule has 0 saturated carbocycles. The highest BCUT2D eigenvalue weighted by Crippen LogP contribution is 2.29. The van der Waals surface area contributed by atoms with Crippen LogP contribution in [0.2, 0.25) is 0 Å². The molecular weight excluding hydrogens is 422 g/mol. The van der Waals surface area contributed by atoms with Crippen LogP contribution in [0, 0.1) is 13.8 Å². The molecule has 0 spiro atoms. The van der Waals surface area contributed by atoms with E-state index < -0.39 is 6.61 Å². The summed E-state index contributed by atoms with van der Waals surface area (Å²) >= 11 is 1.35. The summed E-state index contributed by atoms with van der Waals surface area (Å²) in [6.07, 6.45) is 1.86. The van der Waals surface area contributed by atoms with Crippen molar-refractivity contribution in [2.75, 3.05) is 0 Å². The van der Waals surface area contributed by atoms with Crippen molar-refractivity contribution >= 4 is 23.2 Å². The topological polar surface area (TPSA) is 61.4 Å². The molecule has 0 aliphatic carbocycles. The summed E-state index contributed by atoms with van der Waals surface area (Å²) in [5.74, 6) is 0.0674. The predicted octanol–water partition coefficient (Wildman–Crippen LogP) is 5.10. The number of alkyl halides is 2. The molecule has 31 heavy (non-hydrogen) atoms. The average molecular weight is 442 g/mol. The van der Waals surface area contributed by atoms with Crippen LogP contribution in [0.4, 0.5) is 8.78 Å². The number of fused-ring (bicyclic) bond motifs is 1. The number of carbonyl (C=O) groups excluding carboxylic acids is 1. The largest absolute Gasteiger partial charge is 0.435 e. The number of aryl methyl sites for hydroxylation is 1. The molecule has 1 atom stereocenters. The zero-order valence-electron chi connectivity index (χ0n) is 17.1. The van der Waals surface area contributed by atoms with Crippen molar-refractivity contribution < 1.29 is 18.3 Å². The molecule has 3 aromatic heterocycles. The van der Waals surface area contributed by atoms with E-state index in [9.17, 15) is 13.6 Å². The first kappa shape index (κ1) is 21.0. The van der Waals surface area contributed by atoms with E-state index in [1.807, 2.05) is 60.2 Å². The van der Waals surface area contributed by atoms with Gasteiger partial charge >= 0.3 is 6.61 Å². The molecular formula is C22H20F2N4O2S. The Labute approximate surface area is 181 Å². The van der Waals surface area contributed by atoms with E-state index >= 15 is 0 Å². The molecule has 0 aliphatic rings. The van der Waals surface area contributed by atoms with E-state index in [1.165, 1.54) is 23.9 Å². The van der Waals surface area contributed by atoms with Crippen molar-refractivity contribution in [1.29, 1.82) is 0 Å². The second kappa shape index (κ2) is 8.50. The van der Waals surface area contributed by atoms with Gasteiger partial charge in [0.2, 0.25) is 0 Å². The maximum atomic E-state index is 13.2. The maximum absolute atomic E-state index is 13.2. The standard InChI is InChI=1S/C22H20F2N4O2S/c1-13-12-18(14(2)28(13)16-7-9-17(10-8-16)30-21(23)24)20(29)15(3)31-22-26-25-19-6-4-5-11-27(19)22/h4-12,15,21H,1-3H3/t15-/m1/s1. The van der Waals surface area contributed by atoms with Gasteiger partial charge in [-0.15, -0.1) is 10.2 Å². The highest BCUT2D eigenvalue weighted by molar-refractivity contribution is 8.00. The Morgan fingerprint density at radius 1 is 1.10 bits per heavy atom. The normalized spacial score (nSPS) is 12.5. The lowest BCUT2D eigenvalue weighted by atomic mass is 10.1. The number of hydrogen-bond donors (Lipinski definition) is 0. The molecule has 0 aliphatic heterocycles. The summed E-state index contributed by atoms with van der Waals surface area (Å²) in [6, 6.07) is 13.8. The van der Waals surface area contributed by atoms with Crippen LogP contribution in [0.3, 0.4) is 0 Å². The van der Waals surface area contributed by atoms with Crippen LogP contribution >= 0.6 is 11.8 Å². The molecule has 6 nitrogen and oxygen atoms in total. The minimum absolute atomic E-state index is 0.0188. The smallest absolute Gasteiger partial charge is 0.387 e. The molecule has 4 rings (SSSR count). The average Bonchev–Trinajstić information content (AvgIpc) is 3.28. The van der Waals surface area contributed by atoms with Crippen LogP contribution in [-0.2, 0) is 0 Å². The summed E-state index contributed by atoms with van der Waals surface area (Å²) in [5.41, 5.74) is 3.75. The molecule has 0 saturated heterocycles. The minimum atomic E-state index is -2.87. The lowest BCUT2D eigenvalue weighted by Gasteiger charge is -2.12. The van der Waals surface area contributed by atoms with Gasteiger partial charge in [0.1, 0.15) is 5.75 Å². The van der Waals surface area contributed by atoms with Crippen molar-refractivity contribution in [1.82, 2.24) is 19.2 Å². The molecule has 0 bridgehead atoms. The van der Waals surface area contributed by atoms with Crippen molar-refractivity contribution in [3.63, 3.8) is 0 Å². The summed E-state index contributed by atoms with van der Waals surface area (Å²) in [5, 5.41) is 8.59. The van der Waals surface area contributed by atoms with Crippen molar-refractivity contribution in [3.05, 3.63) is 71.7 Å². The molecule has 1 aromatic carbocycles. The van der Waals surface area contributed by atoms with Gasteiger partial charge in [-0.1, -0.05) is 17.8 Å². The van der Waals surface area contributed by atoms with E-state index in [0.717, 1.165) is 22.7 Å². The summed E-state index contributed by atoms with van der Waals surface area (Å²) < 4.78 is 32.9. The third-order valence-corrected chi connectivity index (χ3v) is 6.01. The monoisotopic (exact) mass is 442 g/mol. The number of carbonyl (C=O) groups is 1. The van der Waals surface area contributed by atoms with Gasteiger partial charge in [0, 0.05) is 28.8 Å². The van der Waals surface area contributed by atoms with Gasteiger partial charge in [-0.3, -0.25) is 9.20 Å². The molecule has 0 unspecified atom stereocenters. The number of benzene rings is 1. The van der Waals surface area contributed by atoms with Crippen LogP contribution in [0.15, 0.2) is 59.9 Å². The van der Waals surface area contributed by atoms with Crippen molar-refractivity contribution in [2.45, 2.75) is 37.8 Å². The predicted molar refractivity (Wildman–Crippen MR) is 115 cm³/mol. The minimum Gasteiger partial charge on any atom is -0.435 e. The van der Waals surface area contributed by atoms with Crippen molar-refractivity contribution in [2.24, 2.45) is 0 Å². The zero-order chi connectivity index (χ0) is 22.1. The summed E-state index contributed by atoms with van der Waals surface area (Å²) in [6.45, 7) is 2.75. The molecule has 9 heteroatoms. The Morgan fingerprint density at radius 2 is 1.84 bits per heavy atom. The quantitative estimate of drug-likeness (QED) is 0.294. The Kier molecular flexibility index (Phi) is 5.77. The van der Waals surface area contributed by atoms with Gasteiger partial charge in [0.25, 0.3) is 0 Å². The van der Waals surface area contributed by atoms with E-state index in [0.29, 0.717) is 10.7 Å². The number of Topliss-reactive ketones (excluding diaryl/α,β-unsaturated/α-hetero) is 1. The second-order valence-corrected chi connectivity index (χ2v) is 8.34. The first-order valence-electron chi connectivity index (χ1n) is 9.60. The Balaban J connectivity index is 1.58. The van der Waals surface area contributed by atoms with Gasteiger partial charge in [-0.05, 0) is 63.2 Å². The summed E-state index contributed by atoms with van der Waals surface area (Å²) in [7, 11) is 0. The van der Waals surface area contributed by atoms with Gasteiger partial charge in [-0.25, -0.2) is 0 Å². The first-order chi connectivity index (χ1) is 14.8. The Morgan fingerprint density at radius 3 is 2.55 bits per heavy atom. The fourth-order valence-electron chi connectivity index (χ4n) is 3.52. The van der Waals surface area contributed by atoms with Crippen LogP contribution < -0.4 is 4.74 Å². The number of rotatable bonds is 7. The van der Waals surface area contributed by atoms with Gasteiger partial charge in [0.15, 0.2) is 16.6 Å². The third kappa shape index (κ3) is 4.18. The highest BCUT2D eigenvalue weighted by atomic mass is 32.2. The fraction of sp³-hybridized carbons (Fsp3) is 0.227. The SMILES string of the molecule is Cc1cc(C(=O)[C@@H](C)Sc2nnc3ccccn23)c(C)n1-c1ccc(OC(F)F)cc1. The van der Waals surface area contributed by atoms with Gasteiger partial charge in [0.05, 0.1) is 5.25 Å². The number of nitrogens with zero attached hydrogens (tertiary/aromatic N) is 4. The third-order valence-electron chi connectivity index (χ3n) is 4.95. The van der Waals surface area contributed by atoms with Gasteiger partial charge in [-0.2, -0.15) is 8.78 Å². The molecule has 0 radical (unpaired) electrons. The number of aromatic nitrogens is 4. The van der Waals surface area contributed by atoms with Crippen LogP contribution in [0.5, 0.6) is 5.75 Å². The van der Waals surface area contributed by atoms with Crippen LogP contribution in [0.25, 0.3) is 11.3 Å². The van der Waals surface area contributed by atoms with E-state index in [4.69, 9.17) is 0 Å². The lowest BCUT2D eigenvalue weighted by molar-refractivity contribution is -0.0498. The number of ether oxygens (including phenoxy) is 1. The second-order valence-electron chi connectivity index (χ2n) is 7.03. The molecule has 160 valence electrons. The highest BCUT2D eigenvalue weighted by Gasteiger charge is 2.24. The molecule has 0 N–H and O–H groups in total. The van der Waals surface area contributed by atoms with E-state index in [2.05, 4.69) is 14.9 Å². The van der Waals surface area contributed by atoms with Gasteiger partial charge < -0.3 is 9.30 Å². The summed E-state index contributed by atoms with van der Waals surface area (Å²) in [4.78, 5) is 13.2.